The van der Waals surface area contributed by atoms with Gasteiger partial charge in [-0.2, -0.15) is 0 Å². The maximum Gasteiger partial charge on any atom is 0.252 e. The number of hydrogen-bond acceptors (Lipinski definition) is 2. The van der Waals surface area contributed by atoms with Crippen LogP contribution in [0.5, 0.6) is 5.75 Å². The molecular formula is C18H17ClINO2. The average molecular weight is 442 g/mol. The number of carbonyl (C=O) groups excluding carboxylic acids is 1. The van der Waals surface area contributed by atoms with Crippen molar-refractivity contribution in [1.29, 1.82) is 0 Å². The Bertz CT molecular complexity index is 733. The van der Waals surface area contributed by atoms with E-state index in [2.05, 4.69) is 40.0 Å². The number of aryl methyl sites for hydroxylation is 2. The quantitative estimate of drug-likeness (QED) is 0.557. The first-order valence-corrected chi connectivity index (χ1v) is 9.07. The molecule has 2 aromatic carbocycles. The molecule has 0 spiro atoms. The van der Waals surface area contributed by atoms with Crippen LogP contribution in [0.3, 0.4) is 0 Å². The number of rotatable bonds is 5. The lowest BCUT2D eigenvalue weighted by Gasteiger charge is -2.10. The van der Waals surface area contributed by atoms with Gasteiger partial charge in [-0.05, 0) is 83.3 Å². The van der Waals surface area contributed by atoms with Crippen molar-refractivity contribution in [2.75, 3.05) is 13.2 Å². The molecule has 0 heterocycles. The van der Waals surface area contributed by atoms with E-state index in [1.165, 1.54) is 24.0 Å². The standard InChI is InChI=1S/C18H17ClINO2/c19-14-5-7-17(20)16(11-14)18(22)21-8-9-23-15-6-4-12-2-1-3-13(12)10-15/h4-7,10-11H,1-3,8-9H2,(H,21,22). The Labute approximate surface area is 154 Å². The van der Waals surface area contributed by atoms with Gasteiger partial charge in [0.05, 0.1) is 12.1 Å². The fraction of sp³-hybridized carbons (Fsp3) is 0.278. The summed E-state index contributed by atoms with van der Waals surface area (Å²) in [7, 11) is 0. The third-order valence-electron chi connectivity index (χ3n) is 3.90. The third-order valence-corrected chi connectivity index (χ3v) is 5.08. The van der Waals surface area contributed by atoms with Crippen LogP contribution in [0.2, 0.25) is 5.02 Å². The highest BCUT2D eigenvalue weighted by Gasteiger charge is 2.12. The summed E-state index contributed by atoms with van der Waals surface area (Å²) in [6.07, 6.45) is 3.54. The lowest BCUT2D eigenvalue weighted by atomic mass is 10.1. The molecule has 0 bridgehead atoms. The molecule has 2 aromatic rings. The van der Waals surface area contributed by atoms with Crippen molar-refractivity contribution in [2.24, 2.45) is 0 Å². The van der Waals surface area contributed by atoms with Gasteiger partial charge in [0.1, 0.15) is 12.4 Å². The minimum atomic E-state index is -0.130. The topological polar surface area (TPSA) is 38.3 Å². The molecule has 3 rings (SSSR count). The number of carbonyl (C=O) groups is 1. The van der Waals surface area contributed by atoms with E-state index in [-0.39, 0.29) is 5.91 Å². The Morgan fingerprint density at radius 3 is 2.87 bits per heavy atom. The van der Waals surface area contributed by atoms with Crippen LogP contribution >= 0.6 is 34.2 Å². The number of halogens is 2. The van der Waals surface area contributed by atoms with Crippen molar-refractivity contribution < 1.29 is 9.53 Å². The maximum atomic E-state index is 12.2. The molecule has 1 N–H and O–H groups in total. The summed E-state index contributed by atoms with van der Waals surface area (Å²) >= 11 is 8.07. The van der Waals surface area contributed by atoms with Gasteiger partial charge >= 0.3 is 0 Å². The van der Waals surface area contributed by atoms with Gasteiger partial charge in [0.2, 0.25) is 0 Å². The zero-order valence-electron chi connectivity index (χ0n) is 12.6. The molecule has 0 aliphatic heterocycles. The summed E-state index contributed by atoms with van der Waals surface area (Å²) in [4.78, 5) is 12.2. The van der Waals surface area contributed by atoms with E-state index in [1.54, 1.807) is 12.1 Å². The number of ether oxygens (including phenoxy) is 1. The largest absolute Gasteiger partial charge is 0.492 e. The monoisotopic (exact) mass is 441 g/mol. The SMILES string of the molecule is O=C(NCCOc1ccc2c(c1)CCC2)c1cc(Cl)ccc1I. The molecule has 0 fully saturated rings. The summed E-state index contributed by atoms with van der Waals surface area (Å²) < 4.78 is 6.61. The van der Waals surface area contributed by atoms with Crippen LogP contribution in [0.4, 0.5) is 0 Å². The van der Waals surface area contributed by atoms with Gasteiger partial charge in [-0.1, -0.05) is 17.7 Å². The normalized spacial score (nSPS) is 12.8. The Balaban J connectivity index is 1.50. The lowest BCUT2D eigenvalue weighted by molar-refractivity contribution is 0.0946. The Hall–Kier alpha value is -1.27. The maximum absolute atomic E-state index is 12.2. The van der Waals surface area contributed by atoms with E-state index in [1.807, 2.05) is 12.1 Å². The van der Waals surface area contributed by atoms with Crippen LogP contribution in [0.1, 0.15) is 27.9 Å². The Kier molecular flexibility index (Phi) is 5.43. The van der Waals surface area contributed by atoms with Crippen molar-refractivity contribution in [3.8, 4) is 5.75 Å². The highest BCUT2D eigenvalue weighted by Crippen LogP contribution is 2.25. The molecule has 0 saturated carbocycles. The molecule has 23 heavy (non-hydrogen) atoms. The first kappa shape index (κ1) is 16.6. The Morgan fingerprint density at radius 1 is 1.17 bits per heavy atom. The summed E-state index contributed by atoms with van der Waals surface area (Å²) in [5.41, 5.74) is 3.41. The minimum absolute atomic E-state index is 0.130. The molecule has 5 heteroatoms. The van der Waals surface area contributed by atoms with Crippen molar-refractivity contribution in [3.05, 3.63) is 61.7 Å². The Morgan fingerprint density at radius 2 is 2.00 bits per heavy atom. The van der Waals surface area contributed by atoms with Gasteiger partial charge in [-0.3, -0.25) is 4.79 Å². The summed E-state index contributed by atoms with van der Waals surface area (Å²) in [5.74, 6) is 0.742. The predicted octanol–water partition coefficient (Wildman–Crippen LogP) is 4.24. The van der Waals surface area contributed by atoms with E-state index in [9.17, 15) is 4.79 Å². The second-order valence-electron chi connectivity index (χ2n) is 5.51. The molecule has 0 aromatic heterocycles. The van der Waals surface area contributed by atoms with E-state index < -0.39 is 0 Å². The molecular weight excluding hydrogens is 425 g/mol. The zero-order chi connectivity index (χ0) is 16.2. The van der Waals surface area contributed by atoms with Gasteiger partial charge in [0.25, 0.3) is 5.91 Å². The molecule has 120 valence electrons. The van der Waals surface area contributed by atoms with Gasteiger partial charge in [0, 0.05) is 8.59 Å². The molecule has 0 saturated heterocycles. The lowest BCUT2D eigenvalue weighted by Crippen LogP contribution is -2.28. The van der Waals surface area contributed by atoms with Crippen LogP contribution in [0, 0.1) is 3.57 Å². The first-order valence-electron chi connectivity index (χ1n) is 7.61. The second kappa shape index (κ2) is 7.53. The van der Waals surface area contributed by atoms with E-state index in [0.29, 0.717) is 23.7 Å². The fourth-order valence-electron chi connectivity index (χ4n) is 2.74. The third kappa shape index (κ3) is 4.18. The molecule has 0 radical (unpaired) electrons. The van der Waals surface area contributed by atoms with Crippen LogP contribution in [-0.2, 0) is 12.8 Å². The van der Waals surface area contributed by atoms with Gasteiger partial charge in [0.15, 0.2) is 0 Å². The molecule has 1 aliphatic carbocycles. The minimum Gasteiger partial charge on any atom is -0.492 e. The van der Waals surface area contributed by atoms with Crippen molar-refractivity contribution in [3.63, 3.8) is 0 Å². The summed E-state index contributed by atoms with van der Waals surface area (Å²) in [5, 5.41) is 3.42. The number of amides is 1. The highest BCUT2D eigenvalue weighted by molar-refractivity contribution is 14.1. The molecule has 3 nitrogen and oxygen atoms in total. The highest BCUT2D eigenvalue weighted by atomic mass is 127. The van der Waals surface area contributed by atoms with E-state index >= 15 is 0 Å². The number of fused-ring (bicyclic) bond motifs is 1. The zero-order valence-corrected chi connectivity index (χ0v) is 15.5. The number of nitrogens with one attached hydrogen (secondary N) is 1. The first-order chi connectivity index (χ1) is 11.1. The fourth-order valence-corrected chi connectivity index (χ4v) is 3.49. The van der Waals surface area contributed by atoms with Crippen molar-refractivity contribution in [1.82, 2.24) is 5.32 Å². The smallest absolute Gasteiger partial charge is 0.252 e. The molecule has 0 atom stereocenters. The van der Waals surface area contributed by atoms with Crippen molar-refractivity contribution >= 4 is 40.1 Å². The predicted molar refractivity (Wildman–Crippen MR) is 100 cm³/mol. The summed E-state index contributed by atoms with van der Waals surface area (Å²) in [6, 6.07) is 11.6. The van der Waals surface area contributed by atoms with E-state index in [4.69, 9.17) is 16.3 Å². The van der Waals surface area contributed by atoms with Gasteiger partial charge < -0.3 is 10.1 Å². The molecule has 1 amide bonds. The average Bonchev–Trinajstić information content (AvgIpc) is 3.01. The van der Waals surface area contributed by atoms with Gasteiger partial charge in [-0.15, -0.1) is 0 Å². The molecule has 1 aliphatic rings. The van der Waals surface area contributed by atoms with Crippen molar-refractivity contribution in [2.45, 2.75) is 19.3 Å². The van der Waals surface area contributed by atoms with Gasteiger partial charge in [-0.25, -0.2) is 0 Å². The van der Waals surface area contributed by atoms with Crippen LogP contribution in [0.15, 0.2) is 36.4 Å². The summed E-state index contributed by atoms with van der Waals surface area (Å²) in [6.45, 7) is 0.903. The number of benzene rings is 2. The van der Waals surface area contributed by atoms with E-state index in [0.717, 1.165) is 15.7 Å². The molecule has 0 unspecified atom stereocenters. The second-order valence-corrected chi connectivity index (χ2v) is 7.11. The van der Waals surface area contributed by atoms with Crippen LogP contribution < -0.4 is 10.1 Å². The van der Waals surface area contributed by atoms with Crippen LogP contribution in [-0.4, -0.2) is 19.1 Å². The number of hydrogen-bond donors (Lipinski definition) is 1. The van der Waals surface area contributed by atoms with Crippen LogP contribution in [0.25, 0.3) is 0 Å².